The molecule has 0 aliphatic rings. The summed E-state index contributed by atoms with van der Waals surface area (Å²) in [5, 5.41) is 4.32. The fourth-order valence-corrected chi connectivity index (χ4v) is 3.94. The quantitative estimate of drug-likeness (QED) is 0.610. The van der Waals surface area contributed by atoms with Crippen molar-refractivity contribution >= 4 is 16.8 Å². The van der Waals surface area contributed by atoms with E-state index >= 15 is 0 Å². The number of nitrogens with one attached hydrogen (secondary N) is 1. The number of para-hydroxylation sites is 1. The van der Waals surface area contributed by atoms with Crippen molar-refractivity contribution in [1.82, 2.24) is 9.88 Å². The highest BCUT2D eigenvalue weighted by Gasteiger charge is 2.23. The van der Waals surface area contributed by atoms with Crippen LogP contribution in [0.15, 0.2) is 54.7 Å². The molecule has 1 amide bonds. The summed E-state index contributed by atoms with van der Waals surface area (Å²) in [5.74, 6) is 0.148. The van der Waals surface area contributed by atoms with Crippen molar-refractivity contribution in [2.75, 3.05) is 0 Å². The Morgan fingerprint density at radius 1 is 1.04 bits per heavy atom. The van der Waals surface area contributed by atoms with Crippen LogP contribution in [-0.2, 0) is 17.8 Å². The zero-order valence-corrected chi connectivity index (χ0v) is 16.8. The number of aromatic nitrogens is 1. The van der Waals surface area contributed by atoms with Crippen molar-refractivity contribution in [2.24, 2.45) is 0 Å². The molecular weight excluding hydrogens is 332 g/mol. The van der Waals surface area contributed by atoms with Crippen molar-refractivity contribution in [3.05, 3.63) is 71.4 Å². The van der Waals surface area contributed by atoms with E-state index in [1.165, 1.54) is 27.6 Å². The van der Waals surface area contributed by atoms with E-state index in [0.717, 1.165) is 13.0 Å². The van der Waals surface area contributed by atoms with Gasteiger partial charge in [0.15, 0.2) is 0 Å². The molecule has 3 rings (SSSR count). The second-order valence-corrected chi connectivity index (χ2v) is 7.43. The van der Waals surface area contributed by atoms with E-state index in [1.54, 1.807) is 0 Å². The Kier molecular flexibility index (Phi) is 6.00. The molecule has 0 fully saturated rings. The molecule has 0 bridgehead atoms. The lowest BCUT2D eigenvalue weighted by atomic mass is 9.87. The highest BCUT2D eigenvalue weighted by molar-refractivity contribution is 5.89. The molecule has 142 valence electrons. The molecule has 0 aliphatic carbocycles. The lowest BCUT2D eigenvalue weighted by molar-refractivity contribution is -0.121. The van der Waals surface area contributed by atoms with Crippen LogP contribution in [0.4, 0.5) is 0 Å². The second kappa shape index (κ2) is 8.43. The highest BCUT2D eigenvalue weighted by Crippen LogP contribution is 2.36. The van der Waals surface area contributed by atoms with Crippen molar-refractivity contribution in [1.29, 1.82) is 0 Å². The van der Waals surface area contributed by atoms with E-state index in [2.05, 4.69) is 72.4 Å². The number of aryl methyl sites for hydroxylation is 2. The maximum absolute atomic E-state index is 12.6. The zero-order valence-electron chi connectivity index (χ0n) is 16.8. The van der Waals surface area contributed by atoms with Gasteiger partial charge in [-0.2, -0.15) is 0 Å². The van der Waals surface area contributed by atoms with Gasteiger partial charge in [0.05, 0.1) is 5.52 Å². The van der Waals surface area contributed by atoms with Crippen LogP contribution in [0.25, 0.3) is 10.9 Å². The Balaban J connectivity index is 2.13. The minimum Gasteiger partial charge on any atom is -0.354 e. The molecule has 3 nitrogen and oxygen atoms in total. The van der Waals surface area contributed by atoms with Crippen LogP contribution in [0.1, 0.15) is 56.7 Å². The lowest BCUT2D eigenvalue weighted by Gasteiger charge is -2.18. The van der Waals surface area contributed by atoms with Gasteiger partial charge in [-0.05, 0) is 43.9 Å². The molecule has 3 aromatic rings. The third kappa shape index (κ3) is 4.08. The van der Waals surface area contributed by atoms with Crippen molar-refractivity contribution in [2.45, 2.75) is 59.0 Å². The van der Waals surface area contributed by atoms with Gasteiger partial charge in [0.25, 0.3) is 0 Å². The molecule has 3 heteroatoms. The van der Waals surface area contributed by atoms with Gasteiger partial charge in [-0.25, -0.2) is 0 Å². The summed E-state index contributed by atoms with van der Waals surface area (Å²) in [7, 11) is 0. The third-order valence-corrected chi connectivity index (χ3v) is 5.15. The molecule has 0 saturated carbocycles. The molecule has 1 heterocycles. The Bertz CT molecular complexity index is 909. The molecular formula is C24H30N2O. The van der Waals surface area contributed by atoms with Gasteiger partial charge in [-0.15, -0.1) is 0 Å². The Labute approximate surface area is 162 Å². The standard InChI is InChI=1S/C24H30N2O/c1-5-18-13-10-14-20-22(16-26(6-2)24(18)20)21(15-23(27)25-17(3)4)19-11-8-7-9-12-19/h7-14,16-17,21H,5-6,15H2,1-4H3,(H,25,27)/t21-/m1/s1. The van der Waals surface area contributed by atoms with Crippen LogP contribution in [0.3, 0.4) is 0 Å². The van der Waals surface area contributed by atoms with Gasteiger partial charge < -0.3 is 9.88 Å². The van der Waals surface area contributed by atoms with E-state index in [-0.39, 0.29) is 17.9 Å². The minimum atomic E-state index is 0.0485. The van der Waals surface area contributed by atoms with E-state index in [0.29, 0.717) is 6.42 Å². The van der Waals surface area contributed by atoms with Crippen LogP contribution in [-0.4, -0.2) is 16.5 Å². The number of carbonyl (C=O) groups is 1. The average Bonchev–Trinajstić information content (AvgIpc) is 3.05. The zero-order chi connectivity index (χ0) is 19.4. The largest absolute Gasteiger partial charge is 0.354 e. The smallest absolute Gasteiger partial charge is 0.221 e. The number of hydrogen-bond acceptors (Lipinski definition) is 1. The number of fused-ring (bicyclic) bond motifs is 1. The van der Waals surface area contributed by atoms with Gasteiger partial charge >= 0.3 is 0 Å². The number of amides is 1. The third-order valence-electron chi connectivity index (χ3n) is 5.15. The molecule has 0 unspecified atom stereocenters. The van der Waals surface area contributed by atoms with Crippen LogP contribution in [0.2, 0.25) is 0 Å². The molecule has 0 saturated heterocycles. The Hall–Kier alpha value is -2.55. The van der Waals surface area contributed by atoms with Gasteiger partial charge in [0.2, 0.25) is 5.91 Å². The molecule has 1 aromatic heterocycles. The van der Waals surface area contributed by atoms with Crippen LogP contribution in [0, 0.1) is 0 Å². The van der Waals surface area contributed by atoms with Gasteiger partial charge in [0, 0.05) is 36.5 Å². The fraction of sp³-hybridized carbons (Fsp3) is 0.375. The van der Waals surface area contributed by atoms with E-state index < -0.39 is 0 Å². The molecule has 1 atom stereocenters. The summed E-state index contributed by atoms with van der Waals surface area (Å²) in [6.07, 6.45) is 3.72. The summed E-state index contributed by atoms with van der Waals surface area (Å²) in [5.41, 5.74) is 5.10. The monoisotopic (exact) mass is 362 g/mol. The molecule has 0 aliphatic heterocycles. The maximum atomic E-state index is 12.6. The first-order chi connectivity index (χ1) is 13.0. The first-order valence-electron chi connectivity index (χ1n) is 10.00. The molecule has 0 spiro atoms. The number of carbonyl (C=O) groups excluding carboxylic acids is 1. The number of benzene rings is 2. The van der Waals surface area contributed by atoms with E-state index in [9.17, 15) is 4.79 Å². The SMILES string of the molecule is CCc1cccc2c([C@H](CC(=O)NC(C)C)c3ccccc3)cn(CC)c12. The highest BCUT2D eigenvalue weighted by atomic mass is 16.1. The van der Waals surface area contributed by atoms with E-state index in [4.69, 9.17) is 0 Å². The van der Waals surface area contributed by atoms with Crippen molar-refractivity contribution in [3.8, 4) is 0 Å². The maximum Gasteiger partial charge on any atom is 0.221 e. The minimum absolute atomic E-state index is 0.0485. The Morgan fingerprint density at radius 2 is 1.78 bits per heavy atom. The van der Waals surface area contributed by atoms with Gasteiger partial charge in [-0.3, -0.25) is 4.79 Å². The van der Waals surface area contributed by atoms with Crippen LogP contribution in [0.5, 0.6) is 0 Å². The van der Waals surface area contributed by atoms with Crippen molar-refractivity contribution in [3.63, 3.8) is 0 Å². The number of rotatable bonds is 7. The molecule has 1 N–H and O–H groups in total. The summed E-state index contributed by atoms with van der Waals surface area (Å²) in [6, 6.07) is 17.1. The van der Waals surface area contributed by atoms with Gasteiger partial charge in [-0.1, -0.05) is 55.5 Å². The van der Waals surface area contributed by atoms with E-state index in [1.807, 2.05) is 19.9 Å². The topological polar surface area (TPSA) is 34.0 Å². The number of hydrogen-bond donors (Lipinski definition) is 1. The van der Waals surface area contributed by atoms with Crippen LogP contribution < -0.4 is 5.32 Å². The van der Waals surface area contributed by atoms with Gasteiger partial charge in [0.1, 0.15) is 0 Å². The second-order valence-electron chi connectivity index (χ2n) is 7.43. The molecule has 2 aromatic carbocycles. The summed E-state index contributed by atoms with van der Waals surface area (Å²) >= 11 is 0. The summed E-state index contributed by atoms with van der Waals surface area (Å²) < 4.78 is 2.33. The molecule has 27 heavy (non-hydrogen) atoms. The predicted molar refractivity (Wildman–Crippen MR) is 113 cm³/mol. The predicted octanol–water partition coefficient (Wildman–Crippen LogP) is 5.27. The normalized spacial score (nSPS) is 12.5. The van der Waals surface area contributed by atoms with Crippen LogP contribution >= 0.6 is 0 Å². The summed E-state index contributed by atoms with van der Waals surface area (Å²) in [6.45, 7) is 9.32. The first kappa shape index (κ1) is 19.2. The Morgan fingerprint density at radius 3 is 2.41 bits per heavy atom. The summed E-state index contributed by atoms with van der Waals surface area (Å²) in [4.78, 5) is 12.6. The first-order valence-corrected chi connectivity index (χ1v) is 10.00. The van der Waals surface area contributed by atoms with Crippen molar-refractivity contribution < 1.29 is 4.79 Å². The fourth-order valence-electron chi connectivity index (χ4n) is 3.94. The average molecular weight is 363 g/mol. The lowest BCUT2D eigenvalue weighted by Crippen LogP contribution is -2.31. The molecule has 0 radical (unpaired) electrons. The number of nitrogens with zero attached hydrogens (tertiary/aromatic N) is 1.